The Hall–Kier alpha value is -3.35. The van der Waals surface area contributed by atoms with Crippen LogP contribution in [0.2, 0.25) is 0 Å². The van der Waals surface area contributed by atoms with Gasteiger partial charge < -0.3 is 15.0 Å². The fourth-order valence-corrected chi connectivity index (χ4v) is 3.58. The zero-order valence-corrected chi connectivity index (χ0v) is 18.0. The highest BCUT2D eigenvalue weighted by Crippen LogP contribution is 2.30. The first-order valence-electron chi connectivity index (χ1n) is 9.74. The molecule has 1 fully saturated rings. The van der Waals surface area contributed by atoms with Gasteiger partial charge in [-0.15, -0.1) is 0 Å². The molecule has 2 aromatic rings. The predicted molar refractivity (Wildman–Crippen MR) is 113 cm³/mol. The largest absolute Gasteiger partial charge is 0.497 e. The minimum atomic E-state index is -1.23. The summed E-state index contributed by atoms with van der Waals surface area (Å²) in [4.78, 5) is 40.8. The molecule has 1 unspecified atom stereocenters. The molecule has 158 valence electrons. The van der Waals surface area contributed by atoms with E-state index in [1.54, 1.807) is 45.3 Å². The summed E-state index contributed by atoms with van der Waals surface area (Å²) in [6.07, 6.45) is 0. The lowest BCUT2D eigenvalue weighted by atomic mass is 9.92. The third-order valence-corrected chi connectivity index (χ3v) is 5.57. The van der Waals surface area contributed by atoms with Gasteiger partial charge in [0.25, 0.3) is 5.91 Å². The summed E-state index contributed by atoms with van der Waals surface area (Å²) in [6.45, 7) is 5.75. The Morgan fingerprint density at radius 2 is 1.80 bits per heavy atom. The Morgan fingerprint density at radius 1 is 1.13 bits per heavy atom. The number of rotatable bonds is 6. The van der Waals surface area contributed by atoms with Crippen LogP contribution in [0.5, 0.6) is 5.75 Å². The molecule has 4 amide bonds. The molecule has 0 saturated carbocycles. The van der Waals surface area contributed by atoms with Gasteiger partial charge in [0.1, 0.15) is 17.8 Å². The van der Waals surface area contributed by atoms with Gasteiger partial charge in [-0.05, 0) is 49.6 Å². The van der Waals surface area contributed by atoms with Crippen LogP contribution in [0.1, 0.15) is 29.2 Å². The van der Waals surface area contributed by atoms with E-state index < -0.39 is 17.5 Å². The molecule has 0 bridgehead atoms. The second kappa shape index (κ2) is 8.18. The first-order chi connectivity index (χ1) is 14.2. The topological polar surface area (TPSA) is 79.0 Å². The zero-order valence-electron chi connectivity index (χ0n) is 18.0. The molecule has 1 N–H and O–H groups in total. The van der Waals surface area contributed by atoms with E-state index in [-0.39, 0.29) is 12.5 Å². The average molecular weight is 409 g/mol. The van der Waals surface area contributed by atoms with Crippen molar-refractivity contribution in [2.75, 3.05) is 20.7 Å². The van der Waals surface area contributed by atoms with Gasteiger partial charge in [0.05, 0.1) is 7.11 Å². The Morgan fingerprint density at radius 3 is 2.40 bits per heavy atom. The minimum absolute atomic E-state index is 0.308. The first kappa shape index (κ1) is 21.4. The van der Waals surface area contributed by atoms with Gasteiger partial charge in [-0.3, -0.25) is 14.5 Å². The van der Waals surface area contributed by atoms with Crippen LogP contribution in [0.15, 0.2) is 42.5 Å². The fourth-order valence-electron chi connectivity index (χ4n) is 3.58. The SMILES string of the molecule is COc1ccc(C2(C)NC(=O)N(CC(=O)N(C)Cc3ccc(C)cc3C)C2=O)cc1. The number of carbonyl (C=O) groups is 3. The smallest absolute Gasteiger partial charge is 0.325 e. The molecule has 0 aromatic heterocycles. The second-order valence-corrected chi connectivity index (χ2v) is 7.85. The van der Waals surface area contributed by atoms with Gasteiger partial charge in [-0.25, -0.2) is 4.79 Å². The van der Waals surface area contributed by atoms with Crippen molar-refractivity contribution in [2.24, 2.45) is 0 Å². The molecule has 0 spiro atoms. The van der Waals surface area contributed by atoms with Gasteiger partial charge >= 0.3 is 6.03 Å². The molecule has 1 heterocycles. The summed E-state index contributed by atoms with van der Waals surface area (Å²) in [6, 6.07) is 12.4. The number of likely N-dealkylation sites (N-methyl/N-ethyl adjacent to an activating group) is 1. The number of methoxy groups -OCH3 is 1. The van der Waals surface area contributed by atoms with Crippen molar-refractivity contribution in [3.8, 4) is 5.75 Å². The molecule has 0 radical (unpaired) electrons. The maximum Gasteiger partial charge on any atom is 0.325 e. The van der Waals surface area contributed by atoms with Crippen LogP contribution in [-0.4, -0.2) is 48.3 Å². The zero-order chi connectivity index (χ0) is 22.1. The molecular formula is C23H27N3O4. The fraction of sp³-hybridized carbons (Fsp3) is 0.348. The van der Waals surface area contributed by atoms with Crippen LogP contribution >= 0.6 is 0 Å². The van der Waals surface area contributed by atoms with Crippen LogP contribution in [0.4, 0.5) is 4.79 Å². The predicted octanol–water partition coefficient (Wildman–Crippen LogP) is 2.74. The molecule has 1 atom stereocenters. The van der Waals surface area contributed by atoms with Crippen molar-refractivity contribution in [1.29, 1.82) is 0 Å². The minimum Gasteiger partial charge on any atom is -0.497 e. The number of benzene rings is 2. The summed E-state index contributed by atoms with van der Waals surface area (Å²) in [5, 5.41) is 2.72. The highest BCUT2D eigenvalue weighted by Gasteiger charge is 2.49. The number of imide groups is 1. The monoisotopic (exact) mass is 409 g/mol. The summed E-state index contributed by atoms with van der Waals surface area (Å²) in [5.41, 5.74) is 2.67. The lowest BCUT2D eigenvalue weighted by Crippen LogP contribution is -2.43. The van der Waals surface area contributed by atoms with E-state index in [0.717, 1.165) is 21.6 Å². The van der Waals surface area contributed by atoms with E-state index in [0.29, 0.717) is 17.9 Å². The second-order valence-electron chi connectivity index (χ2n) is 7.85. The molecular weight excluding hydrogens is 382 g/mol. The van der Waals surface area contributed by atoms with E-state index in [9.17, 15) is 14.4 Å². The lowest BCUT2D eigenvalue weighted by Gasteiger charge is -2.24. The van der Waals surface area contributed by atoms with Gasteiger partial charge in [-0.1, -0.05) is 35.9 Å². The number of nitrogens with zero attached hydrogens (tertiary/aromatic N) is 2. The molecule has 2 aromatic carbocycles. The molecule has 30 heavy (non-hydrogen) atoms. The van der Waals surface area contributed by atoms with Crippen LogP contribution in [0.3, 0.4) is 0 Å². The molecule has 7 heteroatoms. The number of urea groups is 1. The number of nitrogens with one attached hydrogen (secondary N) is 1. The van der Waals surface area contributed by atoms with Crippen molar-refractivity contribution in [1.82, 2.24) is 15.1 Å². The highest BCUT2D eigenvalue weighted by atomic mass is 16.5. The number of hydrogen-bond donors (Lipinski definition) is 1. The number of hydrogen-bond acceptors (Lipinski definition) is 4. The number of carbonyl (C=O) groups excluding carboxylic acids is 3. The number of ether oxygens (including phenoxy) is 1. The number of amides is 4. The van der Waals surface area contributed by atoms with Crippen molar-refractivity contribution >= 4 is 17.8 Å². The molecule has 0 aliphatic carbocycles. The molecule has 1 saturated heterocycles. The van der Waals surface area contributed by atoms with Crippen molar-refractivity contribution < 1.29 is 19.1 Å². The highest BCUT2D eigenvalue weighted by molar-refractivity contribution is 6.09. The van der Waals surface area contributed by atoms with Gasteiger partial charge in [-0.2, -0.15) is 0 Å². The molecule has 3 rings (SSSR count). The third-order valence-electron chi connectivity index (χ3n) is 5.57. The van der Waals surface area contributed by atoms with Crippen molar-refractivity contribution in [2.45, 2.75) is 32.9 Å². The summed E-state index contributed by atoms with van der Waals surface area (Å²) in [5.74, 6) is -0.109. The maximum atomic E-state index is 13.0. The lowest BCUT2D eigenvalue weighted by molar-refractivity contribution is -0.138. The van der Waals surface area contributed by atoms with Crippen molar-refractivity contribution in [3.63, 3.8) is 0 Å². The summed E-state index contributed by atoms with van der Waals surface area (Å²) < 4.78 is 5.14. The van der Waals surface area contributed by atoms with E-state index in [1.165, 1.54) is 4.90 Å². The Balaban J connectivity index is 1.71. The quantitative estimate of drug-likeness (QED) is 0.744. The van der Waals surface area contributed by atoms with Crippen LogP contribution in [0.25, 0.3) is 0 Å². The number of aryl methyl sites for hydroxylation is 2. The van der Waals surface area contributed by atoms with E-state index >= 15 is 0 Å². The third kappa shape index (κ3) is 4.01. The Kier molecular flexibility index (Phi) is 5.82. The summed E-state index contributed by atoms with van der Waals surface area (Å²) in [7, 11) is 3.23. The average Bonchev–Trinajstić information content (AvgIpc) is 2.94. The van der Waals surface area contributed by atoms with Crippen molar-refractivity contribution in [3.05, 3.63) is 64.7 Å². The van der Waals surface area contributed by atoms with E-state index in [1.807, 2.05) is 26.0 Å². The van der Waals surface area contributed by atoms with E-state index in [2.05, 4.69) is 11.4 Å². The first-order valence-corrected chi connectivity index (χ1v) is 9.74. The van der Waals surface area contributed by atoms with Gasteiger partial charge in [0.15, 0.2) is 0 Å². The van der Waals surface area contributed by atoms with Crippen LogP contribution in [0, 0.1) is 13.8 Å². The Bertz CT molecular complexity index is 986. The van der Waals surface area contributed by atoms with Crippen LogP contribution < -0.4 is 10.1 Å². The summed E-state index contributed by atoms with van der Waals surface area (Å²) >= 11 is 0. The maximum absolute atomic E-state index is 13.0. The van der Waals surface area contributed by atoms with Gasteiger partial charge in [0, 0.05) is 13.6 Å². The Labute approximate surface area is 176 Å². The standard InChI is InChI=1S/C23H27N3O4/c1-15-6-7-17(16(2)12-15)13-25(4)20(27)14-26-21(28)23(3,24-22(26)29)18-8-10-19(30-5)11-9-18/h6-12H,13-14H2,1-5H3,(H,24,29). The van der Waals surface area contributed by atoms with E-state index in [4.69, 9.17) is 4.74 Å². The van der Waals surface area contributed by atoms with Crippen LogP contribution in [-0.2, 0) is 21.7 Å². The molecule has 7 nitrogen and oxygen atoms in total. The molecule has 1 aliphatic heterocycles. The molecule has 1 aliphatic rings. The normalized spacial score (nSPS) is 18.4. The van der Waals surface area contributed by atoms with Gasteiger partial charge in [0.2, 0.25) is 5.91 Å².